The molecule has 4 rings (SSSR count). The van der Waals surface area contributed by atoms with Gasteiger partial charge in [0.05, 0.1) is 18.5 Å². The lowest BCUT2D eigenvalue weighted by atomic mass is 10.1. The first-order valence-corrected chi connectivity index (χ1v) is 10.7. The van der Waals surface area contributed by atoms with Crippen molar-refractivity contribution in [2.24, 2.45) is 0 Å². The first-order chi connectivity index (χ1) is 16.6. The van der Waals surface area contributed by atoms with Crippen LogP contribution in [0.3, 0.4) is 0 Å². The first-order valence-electron chi connectivity index (χ1n) is 10.7. The summed E-state index contributed by atoms with van der Waals surface area (Å²) in [6.45, 7) is 0. The molecule has 0 saturated carbocycles. The third-order valence-corrected chi connectivity index (χ3v) is 5.10. The van der Waals surface area contributed by atoms with Gasteiger partial charge in [-0.2, -0.15) is 0 Å². The Morgan fingerprint density at radius 3 is 1.74 bits per heavy atom. The van der Waals surface area contributed by atoms with Crippen LogP contribution in [0.5, 0.6) is 11.5 Å². The van der Waals surface area contributed by atoms with Crippen LogP contribution in [0.25, 0.3) is 6.08 Å². The number of allylic oxidation sites excluding steroid dienone is 1. The molecule has 0 aliphatic heterocycles. The Hall–Kier alpha value is -4.64. The van der Waals surface area contributed by atoms with Gasteiger partial charge in [0.15, 0.2) is 5.78 Å². The maximum Gasteiger partial charge on any atom is 0.424 e. The highest BCUT2D eigenvalue weighted by Gasteiger charge is 2.20. The zero-order valence-corrected chi connectivity index (χ0v) is 18.6. The fourth-order valence-corrected chi connectivity index (χ4v) is 3.33. The summed E-state index contributed by atoms with van der Waals surface area (Å²) in [4.78, 5) is 26.9. The molecular weight excluding hydrogens is 426 g/mol. The van der Waals surface area contributed by atoms with Crippen LogP contribution in [0.2, 0.25) is 0 Å². The Bertz CT molecular complexity index is 1230. The SMILES string of the molecule is COc1ccc(C(=O)C=Cc2ccc(OC(=O)N(c3ccccc3)c3ccccc3)cc2)cc1. The second kappa shape index (κ2) is 10.8. The van der Waals surface area contributed by atoms with E-state index in [1.54, 1.807) is 61.7 Å². The van der Waals surface area contributed by atoms with Crippen molar-refractivity contribution in [3.8, 4) is 11.5 Å². The number of anilines is 2. The van der Waals surface area contributed by atoms with E-state index >= 15 is 0 Å². The molecule has 0 bridgehead atoms. The molecule has 0 N–H and O–H groups in total. The smallest absolute Gasteiger partial charge is 0.424 e. The lowest BCUT2D eigenvalue weighted by molar-refractivity contribution is 0.104. The average Bonchev–Trinajstić information content (AvgIpc) is 2.89. The maximum absolute atomic E-state index is 13.1. The average molecular weight is 450 g/mol. The van der Waals surface area contributed by atoms with Gasteiger partial charge < -0.3 is 9.47 Å². The van der Waals surface area contributed by atoms with E-state index in [-0.39, 0.29) is 5.78 Å². The lowest BCUT2D eigenvalue weighted by Crippen LogP contribution is -2.29. The summed E-state index contributed by atoms with van der Waals surface area (Å²) in [7, 11) is 1.58. The molecule has 0 spiro atoms. The minimum absolute atomic E-state index is 0.112. The lowest BCUT2D eigenvalue weighted by Gasteiger charge is -2.22. The molecule has 0 atom stereocenters. The predicted molar refractivity (Wildman–Crippen MR) is 134 cm³/mol. The van der Waals surface area contributed by atoms with Gasteiger partial charge in [-0.3, -0.25) is 4.79 Å². The Kier molecular flexibility index (Phi) is 7.16. The van der Waals surface area contributed by atoms with Crippen LogP contribution in [0.15, 0.2) is 115 Å². The van der Waals surface area contributed by atoms with Crippen molar-refractivity contribution in [2.45, 2.75) is 0 Å². The number of rotatable bonds is 7. The molecule has 34 heavy (non-hydrogen) atoms. The highest BCUT2D eigenvalue weighted by atomic mass is 16.6. The Morgan fingerprint density at radius 1 is 0.676 bits per heavy atom. The minimum Gasteiger partial charge on any atom is -0.497 e. The molecule has 1 amide bonds. The topological polar surface area (TPSA) is 55.8 Å². The number of ketones is 1. The number of methoxy groups -OCH3 is 1. The number of benzene rings is 4. The largest absolute Gasteiger partial charge is 0.497 e. The minimum atomic E-state index is -0.518. The maximum atomic E-state index is 13.1. The van der Waals surface area contributed by atoms with E-state index in [0.29, 0.717) is 28.4 Å². The standard InChI is InChI=1S/C29H23NO4/c1-33-26-19-15-23(16-20-26)28(31)21-14-22-12-17-27(18-13-22)34-29(32)30(24-8-4-2-5-9-24)25-10-6-3-7-11-25/h2-21H,1H3. The Labute approximate surface area is 198 Å². The molecule has 0 fully saturated rings. The highest BCUT2D eigenvalue weighted by molar-refractivity contribution is 6.06. The van der Waals surface area contributed by atoms with E-state index < -0.39 is 6.09 Å². The number of ether oxygens (including phenoxy) is 2. The van der Waals surface area contributed by atoms with Crippen LogP contribution in [-0.2, 0) is 0 Å². The van der Waals surface area contributed by atoms with E-state index in [2.05, 4.69) is 0 Å². The molecule has 0 aliphatic rings. The van der Waals surface area contributed by atoms with Crippen molar-refractivity contribution >= 4 is 29.3 Å². The third-order valence-electron chi connectivity index (χ3n) is 5.10. The van der Waals surface area contributed by atoms with Gasteiger partial charge in [0, 0.05) is 5.56 Å². The van der Waals surface area contributed by atoms with Crippen molar-refractivity contribution in [3.05, 3.63) is 126 Å². The third kappa shape index (κ3) is 5.58. The molecule has 0 radical (unpaired) electrons. The van der Waals surface area contributed by atoms with Crippen LogP contribution in [0.1, 0.15) is 15.9 Å². The summed E-state index contributed by atoms with van der Waals surface area (Å²) >= 11 is 0. The molecule has 4 aromatic rings. The molecule has 168 valence electrons. The quantitative estimate of drug-likeness (QED) is 0.227. The summed E-state index contributed by atoms with van der Waals surface area (Å²) in [6, 6.07) is 32.6. The molecule has 0 unspecified atom stereocenters. The zero-order chi connectivity index (χ0) is 23.8. The zero-order valence-electron chi connectivity index (χ0n) is 18.6. The van der Waals surface area contributed by atoms with Crippen molar-refractivity contribution in [1.29, 1.82) is 0 Å². The van der Waals surface area contributed by atoms with Crippen LogP contribution in [0, 0.1) is 0 Å². The molecule has 0 aliphatic carbocycles. The molecular formula is C29H23NO4. The highest BCUT2D eigenvalue weighted by Crippen LogP contribution is 2.27. The number of hydrogen-bond acceptors (Lipinski definition) is 4. The molecule has 0 heterocycles. The Balaban J connectivity index is 1.45. The van der Waals surface area contributed by atoms with Crippen LogP contribution < -0.4 is 14.4 Å². The van der Waals surface area contributed by atoms with Crippen LogP contribution in [-0.4, -0.2) is 19.0 Å². The summed E-state index contributed by atoms with van der Waals surface area (Å²) in [5.74, 6) is 0.990. The van der Waals surface area contributed by atoms with E-state index in [9.17, 15) is 9.59 Å². The summed E-state index contributed by atoms with van der Waals surface area (Å²) in [5, 5.41) is 0. The molecule has 4 aromatic carbocycles. The van der Waals surface area contributed by atoms with Gasteiger partial charge in [-0.1, -0.05) is 54.6 Å². The number of amides is 1. The van der Waals surface area contributed by atoms with E-state index in [4.69, 9.17) is 9.47 Å². The second-order valence-corrected chi connectivity index (χ2v) is 7.37. The molecule has 5 heteroatoms. The van der Waals surface area contributed by atoms with E-state index in [1.165, 1.54) is 11.0 Å². The van der Waals surface area contributed by atoms with Gasteiger partial charge in [0.2, 0.25) is 0 Å². The number of carbonyl (C=O) groups excluding carboxylic acids is 2. The number of carbonyl (C=O) groups is 2. The summed E-state index contributed by atoms with van der Waals surface area (Å²) in [6.07, 6.45) is 2.71. The van der Waals surface area contributed by atoms with Gasteiger partial charge in [-0.25, -0.2) is 9.69 Å². The van der Waals surface area contributed by atoms with Gasteiger partial charge in [-0.15, -0.1) is 0 Å². The normalized spacial score (nSPS) is 10.6. The summed E-state index contributed by atoms with van der Waals surface area (Å²) < 4.78 is 10.8. The van der Waals surface area contributed by atoms with Gasteiger partial charge in [-0.05, 0) is 72.3 Å². The molecule has 5 nitrogen and oxygen atoms in total. The van der Waals surface area contributed by atoms with E-state index in [1.807, 2.05) is 60.7 Å². The Morgan fingerprint density at radius 2 is 1.21 bits per heavy atom. The van der Waals surface area contributed by atoms with Crippen molar-refractivity contribution in [1.82, 2.24) is 0 Å². The van der Waals surface area contributed by atoms with Crippen molar-refractivity contribution in [3.63, 3.8) is 0 Å². The molecule has 0 saturated heterocycles. The second-order valence-electron chi connectivity index (χ2n) is 7.37. The monoisotopic (exact) mass is 449 g/mol. The number of para-hydroxylation sites is 2. The summed E-state index contributed by atoms with van der Waals surface area (Å²) in [5.41, 5.74) is 2.79. The number of nitrogens with zero attached hydrogens (tertiary/aromatic N) is 1. The molecule has 0 aromatic heterocycles. The van der Waals surface area contributed by atoms with Gasteiger partial charge in [0.1, 0.15) is 11.5 Å². The van der Waals surface area contributed by atoms with Crippen molar-refractivity contribution < 1.29 is 19.1 Å². The van der Waals surface area contributed by atoms with Gasteiger partial charge >= 0.3 is 6.09 Å². The predicted octanol–water partition coefficient (Wildman–Crippen LogP) is 6.93. The van der Waals surface area contributed by atoms with Crippen LogP contribution in [0.4, 0.5) is 16.2 Å². The first kappa shape index (κ1) is 22.6. The van der Waals surface area contributed by atoms with Crippen LogP contribution >= 0.6 is 0 Å². The van der Waals surface area contributed by atoms with Crippen molar-refractivity contribution in [2.75, 3.05) is 12.0 Å². The van der Waals surface area contributed by atoms with E-state index in [0.717, 1.165) is 5.56 Å². The van der Waals surface area contributed by atoms with Gasteiger partial charge in [0.25, 0.3) is 0 Å². The fourth-order valence-electron chi connectivity index (χ4n) is 3.33. The number of hydrogen-bond donors (Lipinski definition) is 0. The fraction of sp³-hybridized carbons (Fsp3) is 0.0345.